The second kappa shape index (κ2) is 26.0. The maximum Gasteiger partial charge on any atom is 0.405 e. The zero-order valence-corrected chi connectivity index (χ0v) is 49.0. The van der Waals surface area contributed by atoms with Crippen molar-refractivity contribution in [3.63, 3.8) is 0 Å². The molecular weight excluding hydrogens is 1010 g/mol. The van der Waals surface area contributed by atoms with E-state index < -0.39 is 46.1 Å². The third-order valence-corrected chi connectivity index (χ3v) is 37.7. The van der Waals surface area contributed by atoms with Crippen LogP contribution in [0.4, 0.5) is 0 Å². The van der Waals surface area contributed by atoms with Gasteiger partial charge in [0.05, 0.1) is 0 Å². The molecule has 8 aliphatic carbocycles. The van der Waals surface area contributed by atoms with E-state index in [0.717, 1.165) is 205 Å². The van der Waals surface area contributed by atoms with Gasteiger partial charge in [-0.25, -0.2) is 0 Å². The molecule has 10 rings (SSSR count). The number of hydrogen-bond acceptors (Lipinski definition) is 17. The number of nitrogens with zero attached hydrogens (tertiary/aromatic N) is 4. The quantitative estimate of drug-likeness (QED) is 0.0578. The lowest BCUT2D eigenvalue weighted by molar-refractivity contribution is -0.207. The largest absolute Gasteiger partial charge is 0.611 e. The van der Waals surface area contributed by atoms with Crippen LogP contribution in [-0.4, -0.2) is 48.3 Å². The molecule has 0 aromatic carbocycles. The molecule has 23 heteroatoms. The van der Waals surface area contributed by atoms with Crippen LogP contribution < -0.4 is 60.2 Å². The molecule has 71 heavy (non-hydrogen) atoms. The molecule has 0 spiro atoms. The van der Waals surface area contributed by atoms with Gasteiger partial charge >= 0.3 is 16.0 Å². The van der Waals surface area contributed by atoms with Crippen LogP contribution in [0.1, 0.15) is 257 Å². The van der Waals surface area contributed by atoms with Gasteiger partial charge in [0.2, 0.25) is 30.0 Å². The highest BCUT2D eigenvalue weighted by Crippen LogP contribution is 2.84. The smallest absolute Gasteiger partial charge is 0.405 e. The fraction of sp³-hybridized carbons (Fsp3) is 1.00. The topological polar surface area (TPSA) is 225 Å². The van der Waals surface area contributed by atoms with Crippen molar-refractivity contribution in [3.8, 4) is 0 Å². The monoisotopic (exact) mass is 1100 g/mol. The average Bonchev–Trinajstić information content (AvgIpc) is 3.35. The van der Waals surface area contributed by atoms with Gasteiger partial charge in [-0.3, -0.25) is 40.7 Å². The van der Waals surface area contributed by atoms with Crippen molar-refractivity contribution in [1.29, 1.82) is 0 Å². The molecule has 0 bridgehead atoms. The van der Waals surface area contributed by atoms with Crippen molar-refractivity contribution in [2.24, 2.45) is 18.1 Å². The van der Waals surface area contributed by atoms with Gasteiger partial charge in [-0.1, -0.05) is 154 Å². The van der Waals surface area contributed by atoms with Gasteiger partial charge in [0.1, 0.15) is 0 Å². The van der Waals surface area contributed by atoms with Crippen LogP contribution in [0.5, 0.6) is 0 Å². The standard InChI is InChI=1S/C48H98N14O3P6/c63-70(59-66(49-41-25-9-1-10-26-41,50-42-27-11-2-12-28-42)57-67(60-70,51-43-29-13-3-14-30-43)52-44-31-15-4-16-32-44)65-71(64)61-68(53-45-33-17-5-18-34-45,54-46-35-19-6-20-36-46)58-69(62-71,55-47-37-21-7-22-38-47)56-48-39-23-8-24-40-48/h41-58H,1-40H2. The molecule has 0 aromatic heterocycles. The summed E-state index contributed by atoms with van der Waals surface area (Å²) in [5.41, 5.74) is 0. The summed E-state index contributed by atoms with van der Waals surface area (Å²) in [5.74, 6) is 0. The van der Waals surface area contributed by atoms with Gasteiger partial charge in [-0.05, 0) is 125 Å². The summed E-state index contributed by atoms with van der Waals surface area (Å²) < 4.78 is 29.3. The Labute approximate surface area is 431 Å². The molecule has 0 aromatic rings. The zero-order chi connectivity index (χ0) is 48.5. The molecule has 2 heterocycles. The summed E-state index contributed by atoms with van der Waals surface area (Å²) in [6.07, 6.45) is 45.0. The molecule has 0 radical (unpaired) electrons. The molecule has 0 atom stereocenters. The molecule has 10 aliphatic rings. The predicted octanol–water partition coefficient (Wildman–Crippen LogP) is 13.4. The van der Waals surface area contributed by atoms with Crippen molar-refractivity contribution >= 4 is 46.1 Å². The maximum atomic E-state index is 17.0. The van der Waals surface area contributed by atoms with Crippen LogP contribution in [0.25, 0.3) is 0 Å². The first kappa shape index (κ1) is 55.6. The van der Waals surface area contributed by atoms with Crippen molar-refractivity contribution in [2.75, 3.05) is 0 Å². The minimum Gasteiger partial charge on any atom is -0.611 e. The lowest BCUT2D eigenvalue weighted by Crippen LogP contribution is -2.49. The summed E-state index contributed by atoms with van der Waals surface area (Å²) in [4.78, 5) is 42.5. The third kappa shape index (κ3) is 15.8. The Morgan fingerprint density at radius 2 is 0.408 bits per heavy atom. The highest BCUT2D eigenvalue weighted by molar-refractivity contribution is 7.91. The summed E-state index contributed by atoms with van der Waals surface area (Å²) in [5, 5.41) is 33.3. The summed E-state index contributed by atoms with van der Waals surface area (Å²) in [6, 6.07) is 1.57. The van der Waals surface area contributed by atoms with Gasteiger partial charge < -0.3 is 9.79 Å². The first-order chi connectivity index (χ1) is 34.6. The Bertz CT molecular complexity index is 1570. The van der Waals surface area contributed by atoms with Crippen LogP contribution in [-0.2, 0) is 4.31 Å². The van der Waals surface area contributed by atoms with E-state index in [1.54, 1.807) is 0 Å². The molecule has 8 fully saturated rings. The first-order valence-corrected chi connectivity index (χ1v) is 39.9. The first-order valence-electron chi connectivity index (χ1n) is 29.9. The molecular formula is C48H98N14O3P6. The highest BCUT2D eigenvalue weighted by atomic mass is 31.3. The van der Waals surface area contributed by atoms with E-state index >= 15 is 9.79 Å². The number of hydrogen-bond donors (Lipinski definition) is 10. The van der Waals surface area contributed by atoms with Crippen LogP contribution in [0.15, 0.2) is 18.1 Å². The van der Waals surface area contributed by atoms with Crippen molar-refractivity contribution in [2.45, 2.75) is 305 Å². The van der Waals surface area contributed by atoms with E-state index in [-0.39, 0.29) is 48.3 Å². The van der Waals surface area contributed by atoms with Crippen LogP contribution >= 0.6 is 46.1 Å². The van der Waals surface area contributed by atoms with Crippen LogP contribution in [0.3, 0.4) is 0 Å². The van der Waals surface area contributed by atoms with Crippen molar-refractivity contribution in [3.05, 3.63) is 0 Å². The van der Waals surface area contributed by atoms with Crippen LogP contribution in [0.2, 0.25) is 0 Å². The molecule has 2 aliphatic heterocycles. The molecule has 8 saturated carbocycles. The Balaban J connectivity index is 1.15. The molecule has 17 nitrogen and oxygen atoms in total. The second-order valence-corrected chi connectivity index (χ2v) is 38.1. The van der Waals surface area contributed by atoms with Gasteiger partial charge in [-0.2, -0.15) is 9.72 Å². The maximum absolute atomic E-state index is 17.0. The Hall–Kier alpha value is 1.26. The Morgan fingerprint density at radius 3 is 0.549 bits per heavy atom. The zero-order valence-electron chi connectivity index (χ0n) is 43.6. The second-order valence-electron chi connectivity index (χ2n) is 23.9. The minimum atomic E-state index is -4.56. The lowest BCUT2D eigenvalue weighted by atomic mass is 9.96. The fourth-order valence-electron chi connectivity index (χ4n) is 14.0. The summed E-state index contributed by atoms with van der Waals surface area (Å²) >= 11 is 0. The number of nitrogens with one attached hydrogen (secondary N) is 10. The molecule has 408 valence electrons. The predicted molar refractivity (Wildman–Crippen MR) is 299 cm³/mol. The minimum absolute atomic E-state index is 0.197. The van der Waals surface area contributed by atoms with E-state index in [9.17, 15) is 0 Å². The van der Waals surface area contributed by atoms with Crippen LogP contribution in [0, 0.1) is 0 Å². The van der Waals surface area contributed by atoms with E-state index in [4.69, 9.17) is 22.4 Å². The molecule has 10 N–H and O–H groups in total. The van der Waals surface area contributed by atoms with Crippen molar-refractivity contribution in [1.82, 2.24) is 50.4 Å². The summed E-state index contributed by atoms with van der Waals surface area (Å²) in [6.45, 7) is 0. The summed E-state index contributed by atoms with van der Waals surface area (Å²) in [7, 11) is -21.6. The molecule has 0 unspecified atom stereocenters. The SMILES string of the molecule is [O-][P+]1(O[P+]2([O-])N=P(NC3CCCCC3)(NC3CCCCC3)NP(NC3CCCCC3)(NC3CCCCC3)=N2)N=P(NC2CCCCC2)(NC2CCCCC2)NP(NC2CCCCC2)(NC2CCCCC2)=N1. The lowest BCUT2D eigenvalue weighted by Gasteiger charge is -2.46. The molecule has 0 saturated heterocycles. The van der Waals surface area contributed by atoms with Gasteiger partial charge in [0.15, 0.2) is 0 Å². The Kier molecular flexibility index (Phi) is 20.4. The van der Waals surface area contributed by atoms with E-state index in [1.807, 2.05) is 0 Å². The van der Waals surface area contributed by atoms with Gasteiger partial charge in [-0.15, -0.1) is 0 Å². The Morgan fingerprint density at radius 1 is 0.268 bits per heavy atom. The highest BCUT2D eigenvalue weighted by Gasteiger charge is 2.59. The van der Waals surface area contributed by atoms with Gasteiger partial charge in [0.25, 0.3) is 0 Å². The van der Waals surface area contributed by atoms with Gasteiger partial charge in [0, 0.05) is 48.3 Å². The molecule has 0 amide bonds. The van der Waals surface area contributed by atoms with E-state index in [1.165, 1.54) is 51.4 Å². The average molecular weight is 1110 g/mol. The normalized spacial score (nSPS) is 30.9. The number of rotatable bonds is 18. The third-order valence-electron chi connectivity index (χ3n) is 17.6. The van der Waals surface area contributed by atoms with E-state index in [2.05, 4.69) is 50.4 Å². The van der Waals surface area contributed by atoms with Crippen molar-refractivity contribution < 1.29 is 14.1 Å². The van der Waals surface area contributed by atoms with E-state index in [0.29, 0.717) is 0 Å². The fourth-order valence-corrected chi connectivity index (χ4v) is 38.7.